The molecule has 0 spiro atoms. The molecule has 4 aromatic carbocycles. The number of nitrogens with zero attached hydrogens (tertiary/aromatic N) is 8. The van der Waals surface area contributed by atoms with E-state index in [2.05, 4.69) is 54.8 Å². The fourth-order valence-electron chi connectivity index (χ4n) is 11.4. The fraction of sp³-hybridized carbons (Fsp3) is 0.382. The molecule has 6 heterocycles. The fourth-order valence-corrected chi connectivity index (χ4v) is 12.2. The SMILES string of the molecule is CNc1nc(-c2cnc3ccccc3c2)nc2c1CCN(C(=O)c1ccc(/C=C/c3ccc(C#CCN4CCN(C(=O)CCCCC(=O)N[C@H](C(=O)N5C[C@H](OC)C[C@H]5[C@@H](O)NCc5ccc(-c6scnc6C)cc5)C(C)(C)C)CC4)cc3)cc1)C2. The first-order valence-corrected chi connectivity index (χ1v) is 30.6. The summed E-state index contributed by atoms with van der Waals surface area (Å²) in [5.41, 5.74) is 11.5. The Balaban J connectivity index is 0.624. The van der Waals surface area contributed by atoms with Gasteiger partial charge in [0.1, 0.15) is 18.1 Å². The van der Waals surface area contributed by atoms with Gasteiger partial charge in [-0.05, 0) is 96.7 Å². The highest BCUT2D eigenvalue weighted by Crippen LogP contribution is 2.32. The third kappa shape index (κ3) is 15.1. The smallest absolute Gasteiger partial charge is 0.254 e. The van der Waals surface area contributed by atoms with Crippen molar-refractivity contribution in [3.05, 3.63) is 160 Å². The van der Waals surface area contributed by atoms with Crippen LogP contribution >= 0.6 is 11.3 Å². The zero-order valence-electron chi connectivity index (χ0n) is 50.0. The number of aromatic nitrogens is 4. The average Bonchev–Trinajstić information content (AvgIpc) is 1.92. The molecule has 86 heavy (non-hydrogen) atoms. The van der Waals surface area contributed by atoms with Gasteiger partial charge in [0.2, 0.25) is 17.7 Å². The molecule has 0 radical (unpaired) electrons. The molecule has 18 heteroatoms. The van der Waals surface area contributed by atoms with Gasteiger partial charge >= 0.3 is 0 Å². The number of piperazine rings is 1. The molecule has 0 saturated carbocycles. The van der Waals surface area contributed by atoms with Crippen molar-refractivity contribution in [2.75, 3.05) is 65.3 Å². The van der Waals surface area contributed by atoms with E-state index >= 15 is 0 Å². The number of aryl methyl sites for hydroxylation is 1. The quantitative estimate of drug-likeness (QED) is 0.0260. The first-order chi connectivity index (χ1) is 41.6. The predicted molar refractivity (Wildman–Crippen MR) is 338 cm³/mol. The number of carbonyl (C=O) groups is 4. The minimum Gasteiger partial charge on any atom is -0.380 e. The Morgan fingerprint density at radius 2 is 1.57 bits per heavy atom. The highest BCUT2D eigenvalue weighted by atomic mass is 32.1. The number of likely N-dealkylation sites (tertiary alicyclic amines) is 1. The van der Waals surface area contributed by atoms with Crippen LogP contribution in [0.5, 0.6) is 0 Å². The molecule has 7 aromatic rings. The summed E-state index contributed by atoms with van der Waals surface area (Å²) in [6, 6.07) is 32.6. The van der Waals surface area contributed by atoms with E-state index in [-0.39, 0.29) is 36.2 Å². The Kier molecular flexibility index (Phi) is 19.8. The Hall–Kier alpha value is -8.18. The number of methoxy groups -OCH3 is 1. The number of unbranched alkanes of at least 4 members (excludes halogenated alkanes) is 1. The molecule has 0 bridgehead atoms. The normalized spacial score (nSPS) is 17.0. The van der Waals surface area contributed by atoms with Gasteiger partial charge in [-0.1, -0.05) is 111 Å². The second-order valence-corrected chi connectivity index (χ2v) is 24.4. The van der Waals surface area contributed by atoms with Gasteiger partial charge in [0.25, 0.3) is 5.91 Å². The second-order valence-electron chi connectivity index (χ2n) is 23.5. The summed E-state index contributed by atoms with van der Waals surface area (Å²) in [6.45, 7) is 12.7. The lowest BCUT2D eigenvalue weighted by Crippen LogP contribution is -2.58. The molecule has 10 rings (SSSR count). The third-order valence-corrected chi connectivity index (χ3v) is 17.4. The molecule has 3 aliphatic rings. The van der Waals surface area contributed by atoms with Crippen molar-refractivity contribution in [1.82, 2.24) is 50.2 Å². The molecule has 3 aliphatic heterocycles. The lowest BCUT2D eigenvalue weighted by Gasteiger charge is -2.37. The number of benzene rings is 4. The van der Waals surface area contributed by atoms with E-state index < -0.39 is 23.7 Å². The van der Waals surface area contributed by atoms with Crippen molar-refractivity contribution < 1.29 is 29.0 Å². The van der Waals surface area contributed by atoms with Crippen LogP contribution in [-0.2, 0) is 38.6 Å². The largest absolute Gasteiger partial charge is 0.380 e. The van der Waals surface area contributed by atoms with Crippen LogP contribution < -0.4 is 16.0 Å². The van der Waals surface area contributed by atoms with Crippen LogP contribution in [0, 0.1) is 24.2 Å². The number of rotatable bonds is 19. The zero-order chi connectivity index (χ0) is 60.3. The number of pyridine rings is 1. The topological polar surface area (TPSA) is 198 Å². The van der Waals surface area contributed by atoms with E-state index in [0.717, 1.165) is 85.0 Å². The zero-order valence-corrected chi connectivity index (χ0v) is 50.8. The first kappa shape index (κ1) is 60.9. The Morgan fingerprint density at radius 3 is 2.27 bits per heavy atom. The summed E-state index contributed by atoms with van der Waals surface area (Å²) in [5.74, 6) is 7.49. The number of hydrogen-bond donors (Lipinski definition) is 4. The van der Waals surface area contributed by atoms with Crippen LogP contribution in [0.1, 0.15) is 102 Å². The molecule has 4 atom stereocenters. The monoisotopic (exact) mass is 1180 g/mol. The molecule has 2 saturated heterocycles. The van der Waals surface area contributed by atoms with Crippen LogP contribution in [0.15, 0.2) is 115 Å². The Labute approximate surface area is 508 Å². The minimum absolute atomic E-state index is 0.0376. The Morgan fingerprint density at radius 1 is 0.849 bits per heavy atom. The van der Waals surface area contributed by atoms with Gasteiger partial charge in [-0.25, -0.2) is 15.0 Å². The number of nitrogens with one attached hydrogen (secondary N) is 3. The number of thiazole rings is 1. The highest BCUT2D eigenvalue weighted by molar-refractivity contribution is 7.13. The van der Waals surface area contributed by atoms with Crippen LogP contribution in [0.4, 0.5) is 5.82 Å². The summed E-state index contributed by atoms with van der Waals surface area (Å²) in [5, 5.41) is 21.9. The molecular formula is C68H77N11O6S. The maximum atomic E-state index is 14.3. The number of para-hydroxylation sites is 1. The molecule has 3 aromatic heterocycles. The van der Waals surface area contributed by atoms with Crippen molar-refractivity contribution in [3.63, 3.8) is 0 Å². The summed E-state index contributed by atoms with van der Waals surface area (Å²) < 4.78 is 5.68. The van der Waals surface area contributed by atoms with E-state index in [1.165, 1.54) is 0 Å². The number of aliphatic hydroxyl groups is 1. The van der Waals surface area contributed by atoms with Crippen LogP contribution in [0.25, 0.3) is 44.9 Å². The second kappa shape index (κ2) is 27.9. The van der Waals surface area contributed by atoms with Crippen molar-refractivity contribution in [3.8, 4) is 33.7 Å². The van der Waals surface area contributed by atoms with Crippen molar-refractivity contribution in [1.29, 1.82) is 0 Å². The first-order valence-electron chi connectivity index (χ1n) is 29.7. The third-order valence-electron chi connectivity index (χ3n) is 16.5. The molecule has 4 amide bonds. The summed E-state index contributed by atoms with van der Waals surface area (Å²) in [4.78, 5) is 82.3. The number of anilines is 1. The van der Waals surface area contributed by atoms with Gasteiger partial charge in [0.15, 0.2) is 5.82 Å². The lowest BCUT2D eigenvalue weighted by molar-refractivity contribution is -0.142. The molecule has 4 N–H and O–H groups in total. The maximum absolute atomic E-state index is 14.3. The molecular weight excluding hydrogens is 1100 g/mol. The van der Waals surface area contributed by atoms with E-state index in [1.807, 2.05) is 153 Å². The average molecular weight is 1180 g/mol. The minimum atomic E-state index is -1.02. The van der Waals surface area contributed by atoms with Crippen LogP contribution in [0.3, 0.4) is 0 Å². The summed E-state index contributed by atoms with van der Waals surface area (Å²) in [6.07, 6.45) is 7.32. The number of ether oxygens (including phenoxy) is 1. The summed E-state index contributed by atoms with van der Waals surface area (Å²) in [7, 11) is 3.47. The van der Waals surface area contributed by atoms with Gasteiger partial charge in [-0.3, -0.25) is 34.4 Å². The van der Waals surface area contributed by atoms with E-state index in [1.54, 1.807) is 29.5 Å². The number of aliphatic hydroxyl groups excluding tert-OH is 1. The van der Waals surface area contributed by atoms with Gasteiger partial charge < -0.3 is 35.2 Å². The molecule has 0 aliphatic carbocycles. The maximum Gasteiger partial charge on any atom is 0.254 e. The van der Waals surface area contributed by atoms with Crippen LogP contribution in [-0.4, -0.2) is 153 Å². The van der Waals surface area contributed by atoms with Crippen molar-refractivity contribution in [2.24, 2.45) is 5.41 Å². The molecule has 2 fully saturated rings. The van der Waals surface area contributed by atoms with Gasteiger partial charge in [0, 0.05) is 107 Å². The van der Waals surface area contributed by atoms with E-state index in [9.17, 15) is 24.3 Å². The summed E-state index contributed by atoms with van der Waals surface area (Å²) >= 11 is 1.60. The highest BCUT2D eigenvalue weighted by Gasteiger charge is 2.45. The molecule has 446 valence electrons. The molecule has 0 unspecified atom stereocenters. The molecule has 17 nitrogen and oxygen atoms in total. The predicted octanol–water partition coefficient (Wildman–Crippen LogP) is 8.85. The van der Waals surface area contributed by atoms with Gasteiger partial charge in [-0.15, -0.1) is 11.3 Å². The number of fused-ring (bicyclic) bond motifs is 2. The van der Waals surface area contributed by atoms with E-state index in [4.69, 9.17) is 14.7 Å². The van der Waals surface area contributed by atoms with E-state index in [0.29, 0.717) is 89.3 Å². The van der Waals surface area contributed by atoms with Gasteiger partial charge in [0.05, 0.1) is 52.5 Å². The lowest BCUT2D eigenvalue weighted by atomic mass is 9.85. The Bertz CT molecular complexity index is 3620. The number of carbonyl (C=O) groups excluding carboxylic acids is 4. The number of hydrogen-bond acceptors (Lipinski definition) is 14. The van der Waals surface area contributed by atoms with Crippen LogP contribution in [0.2, 0.25) is 0 Å². The standard InChI is InChI=1S/C68H77N11O6S/c1-45-61(86-44-72-45)50-27-25-49(26-28-50)40-71-65(82)58-39-54(85-6)42-79(58)67(84)62(68(2,3)4)74-59(80)15-9-10-16-60(81)77-36-34-76(35-37-77)32-11-12-46-17-19-47(20-18-46)21-22-48-23-29-51(30-24-48)66(83)78-33-31-55-57(43-78)73-63(75-64(55)69-5)53-38-52-13-7-8-14-56(52)70-41-53/h7-8,13-14,17-30,38,41,44,54,58,62,65,71,82H,9-10,15-16,31-37,39-40,42-43H2,1-6H3,(H,74,80)(H,69,73,75)/b22-21+/t54-,58+,62-,65-/m1/s1. The van der Waals surface area contributed by atoms with Gasteiger partial charge in [-0.2, -0.15) is 0 Å². The van der Waals surface area contributed by atoms with Crippen molar-refractivity contribution >= 4 is 63.8 Å². The van der Waals surface area contributed by atoms with Crippen molar-refractivity contribution in [2.45, 2.75) is 104 Å². The number of amides is 4.